The summed E-state index contributed by atoms with van der Waals surface area (Å²) in [5.41, 5.74) is 4.19. The molecule has 2 aromatic rings. The van der Waals surface area contributed by atoms with Crippen LogP contribution in [0.15, 0.2) is 65.8 Å². The van der Waals surface area contributed by atoms with Crippen LogP contribution in [0.25, 0.3) is 10.8 Å². The fourth-order valence-electron chi connectivity index (χ4n) is 8.96. The van der Waals surface area contributed by atoms with Crippen molar-refractivity contribution in [2.45, 2.75) is 81.5 Å². The molecule has 2 bridgehead atoms. The molecule has 0 radical (unpaired) electrons. The highest BCUT2D eigenvalue weighted by Gasteiger charge is 2.66. The van der Waals surface area contributed by atoms with Gasteiger partial charge in [-0.3, -0.25) is 0 Å². The molecule has 5 aliphatic rings. The highest BCUT2D eigenvalue weighted by molar-refractivity contribution is 7.89. The van der Waals surface area contributed by atoms with Crippen LogP contribution < -0.4 is 10.5 Å². The summed E-state index contributed by atoms with van der Waals surface area (Å²) in [7, 11) is -3.45. The van der Waals surface area contributed by atoms with Gasteiger partial charge in [0.1, 0.15) is 0 Å². The van der Waals surface area contributed by atoms with E-state index in [9.17, 15) is 8.42 Å². The Labute approximate surface area is 220 Å². The summed E-state index contributed by atoms with van der Waals surface area (Å²) in [6, 6.07) is 16.1. The van der Waals surface area contributed by atoms with Crippen molar-refractivity contribution in [2.24, 2.45) is 16.5 Å². The summed E-state index contributed by atoms with van der Waals surface area (Å²) < 4.78 is 30.2. The minimum Gasteiger partial charge on any atom is -0.359 e. The first kappa shape index (κ1) is 24.1. The van der Waals surface area contributed by atoms with Gasteiger partial charge in [0.15, 0.2) is 0 Å². The van der Waals surface area contributed by atoms with Crippen molar-refractivity contribution in [1.29, 1.82) is 0 Å². The molecule has 0 amide bonds. The van der Waals surface area contributed by atoms with Gasteiger partial charge in [-0.05, 0) is 96.1 Å². The topological polar surface area (TPSA) is 81.4 Å². The molecule has 1 saturated heterocycles. The molecule has 3 aliphatic carbocycles. The number of sulfonamides is 1. The van der Waals surface area contributed by atoms with Gasteiger partial charge in [-0.1, -0.05) is 61.5 Å². The van der Waals surface area contributed by atoms with E-state index in [0.717, 1.165) is 38.5 Å². The number of primary sulfonamides is 1. The normalized spacial score (nSPS) is 38.5. The Kier molecular flexibility index (Phi) is 5.37. The van der Waals surface area contributed by atoms with Crippen LogP contribution in [0.4, 0.5) is 0 Å². The average molecular weight is 519 g/mol. The lowest BCUT2D eigenvalue weighted by atomic mass is 9.58. The molecule has 5 nitrogen and oxygen atoms in total. The Morgan fingerprint density at radius 2 is 1.92 bits per heavy atom. The van der Waals surface area contributed by atoms with Gasteiger partial charge in [0, 0.05) is 12.6 Å². The lowest BCUT2D eigenvalue weighted by Crippen LogP contribution is -2.55. The van der Waals surface area contributed by atoms with E-state index in [1.807, 2.05) is 0 Å². The summed E-state index contributed by atoms with van der Waals surface area (Å²) in [4.78, 5) is 0. The van der Waals surface area contributed by atoms with E-state index in [0.29, 0.717) is 18.4 Å². The van der Waals surface area contributed by atoms with Crippen LogP contribution in [0.3, 0.4) is 0 Å². The fourth-order valence-corrected chi connectivity index (χ4v) is 9.36. The second-order valence-corrected chi connectivity index (χ2v) is 14.3. The van der Waals surface area contributed by atoms with E-state index in [1.165, 1.54) is 40.3 Å². The van der Waals surface area contributed by atoms with Crippen LogP contribution in [-0.2, 0) is 14.8 Å². The highest BCUT2D eigenvalue weighted by Crippen LogP contribution is 2.69. The molecule has 6 heteroatoms. The molecule has 37 heavy (non-hydrogen) atoms. The van der Waals surface area contributed by atoms with Crippen molar-refractivity contribution in [3.05, 3.63) is 71.3 Å². The molecule has 2 saturated carbocycles. The zero-order chi connectivity index (χ0) is 25.5. The SMILES string of the molecule is C[C@]12CC=C3C=C4CC[C@@H](NCCS(N)(=O)=O)C[C@]45CCC3(O5)[C@@H]1CCC2c1ccc2ccccc2c1. The van der Waals surface area contributed by atoms with Crippen molar-refractivity contribution in [2.75, 3.05) is 12.3 Å². The molecule has 2 spiro atoms. The maximum atomic E-state index is 11.4. The fraction of sp³-hybridized carbons (Fsp3) is 0.548. The second-order valence-electron chi connectivity index (χ2n) is 12.6. The zero-order valence-corrected chi connectivity index (χ0v) is 22.5. The number of ether oxygens (including phenoxy) is 1. The van der Waals surface area contributed by atoms with Gasteiger partial charge < -0.3 is 10.1 Å². The van der Waals surface area contributed by atoms with Crippen LogP contribution >= 0.6 is 0 Å². The number of nitrogens with two attached hydrogens (primary N) is 1. The standard InChI is InChI=1S/C31H38N2O3S/c1-29-13-12-25-19-24-8-9-26(33-16-17-37(32,34)35)20-30(24)14-15-31(25,36-30)28(29)11-10-27(29)23-7-6-21-4-2-3-5-22(21)18-23/h2-7,12,18-19,26-28,33H,8-11,13-17,20H2,1H3,(H2,32,34,35)/t26-,27?,28-,29-,30-,31?/m1/s1. The van der Waals surface area contributed by atoms with Gasteiger partial charge in [0.2, 0.25) is 10.0 Å². The molecule has 196 valence electrons. The molecule has 2 aliphatic heterocycles. The Hall–Kier alpha value is -1.99. The highest BCUT2D eigenvalue weighted by atomic mass is 32.2. The molecule has 2 aromatic carbocycles. The zero-order valence-electron chi connectivity index (χ0n) is 21.7. The Morgan fingerprint density at radius 1 is 1.08 bits per heavy atom. The van der Waals surface area contributed by atoms with Gasteiger partial charge in [-0.25, -0.2) is 13.6 Å². The number of hydrogen-bond donors (Lipinski definition) is 2. The molecule has 3 fully saturated rings. The quantitative estimate of drug-likeness (QED) is 0.561. The minimum absolute atomic E-state index is 0.0204. The number of hydrogen-bond acceptors (Lipinski definition) is 4. The molecule has 7 rings (SSSR count). The first-order valence-electron chi connectivity index (χ1n) is 14.1. The van der Waals surface area contributed by atoms with Crippen molar-refractivity contribution >= 4 is 20.8 Å². The van der Waals surface area contributed by atoms with Crippen molar-refractivity contribution in [1.82, 2.24) is 5.32 Å². The van der Waals surface area contributed by atoms with E-state index in [2.05, 4.69) is 66.9 Å². The summed E-state index contributed by atoms with van der Waals surface area (Å²) in [6.07, 6.45) is 13.7. The van der Waals surface area contributed by atoms with E-state index in [-0.39, 0.29) is 28.4 Å². The van der Waals surface area contributed by atoms with Crippen molar-refractivity contribution in [3.8, 4) is 0 Å². The second kappa shape index (κ2) is 8.25. The summed E-state index contributed by atoms with van der Waals surface area (Å²) in [5, 5.41) is 11.3. The third-order valence-electron chi connectivity index (χ3n) is 10.7. The summed E-state index contributed by atoms with van der Waals surface area (Å²) in [5.74, 6) is 1.04. The van der Waals surface area contributed by atoms with Crippen molar-refractivity contribution < 1.29 is 13.2 Å². The molecule has 6 atom stereocenters. The van der Waals surface area contributed by atoms with Crippen molar-refractivity contribution in [3.63, 3.8) is 0 Å². The maximum Gasteiger partial charge on any atom is 0.210 e. The average Bonchev–Trinajstić information content (AvgIpc) is 3.38. The first-order chi connectivity index (χ1) is 17.7. The molecular formula is C31H38N2O3S. The predicted molar refractivity (Wildman–Crippen MR) is 148 cm³/mol. The van der Waals surface area contributed by atoms with Crippen LogP contribution in [0.2, 0.25) is 0 Å². The van der Waals surface area contributed by atoms with Gasteiger partial charge in [0.25, 0.3) is 0 Å². The lowest BCUT2D eigenvalue weighted by Gasteiger charge is -2.54. The van der Waals surface area contributed by atoms with Crippen LogP contribution in [0.5, 0.6) is 0 Å². The smallest absolute Gasteiger partial charge is 0.210 e. The third-order valence-corrected chi connectivity index (χ3v) is 11.4. The van der Waals surface area contributed by atoms with Gasteiger partial charge in [-0.15, -0.1) is 0 Å². The Bertz CT molecular complexity index is 1430. The van der Waals surface area contributed by atoms with Crippen LogP contribution in [0.1, 0.15) is 69.8 Å². The number of nitrogens with one attached hydrogen (secondary N) is 1. The molecule has 3 N–H and O–H groups in total. The summed E-state index contributed by atoms with van der Waals surface area (Å²) >= 11 is 0. The minimum atomic E-state index is -3.45. The maximum absolute atomic E-state index is 11.4. The van der Waals surface area contributed by atoms with Crippen LogP contribution in [0, 0.1) is 11.3 Å². The number of allylic oxidation sites excluding steroid dienone is 1. The number of fused-ring (bicyclic) bond motifs is 2. The van der Waals surface area contributed by atoms with E-state index < -0.39 is 10.0 Å². The number of rotatable bonds is 5. The number of benzene rings is 2. The Morgan fingerprint density at radius 3 is 2.76 bits per heavy atom. The lowest BCUT2D eigenvalue weighted by molar-refractivity contribution is -0.136. The Balaban J connectivity index is 1.17. The van der Waals surface area contributed by atoms with Gasteiger partial charge in [0.05, 0.1) is 17.0 Å². The summed E-state index contributed by atoms with van der Waals surface area (Å²) in [6.45, 7) is 2.93. The van der Waals surface area contributed by atoms with E-state index in [4.69, 9.17) is 9.88 Å². The third kappa shape index (κ3) is 3.70. The first-order valence-corrected chi connectivity index (χ1v) is 15.8. The molecule has 0 aromatic heterocycles. The van der Waals surface area contributed by atoms with E-state index in [1.54, 1.807) is 0 Å². The van der Waals surface area contributed by atoms with E-state index >= 15 is 0 Å². The predicted octanol–water partition coefficient (Wildman–Crippen LogP) is 5.33. The van der Waals surface area contributed by atoms with Crippen LogP contribution in [-0.4, -0.2) is 38.0 Å². The molecule has 2 heterocycles. The largest absolute Gasteiger partial charge is 0.359 e. The van der Waals surface area contributed by atoms with Gasteiger partial charge >= 0.3 is 0 Å². The molecule has 2 unspecified atom stereocenters. The molecular weight excluding hydrogens is 480 g/mol. The monoisotopic (exact) mass is 518 g/mol. The van der Waals surface area contributed by atoms with Gasteiger partial charge in [-0.2, -0.15) is 0 Å².